The van der Waals surface area contributed by atoms with Gasteiger partial charge in [0.05, 0.1) is 0 Å². The van der Waals surface area contributed by atoms with Crippen molar-refractivity contribution >= 4 is 50.2 Å². The van der Waals surface area contributed by atoms with Crippen LogP contribution >= 0.6 is 22.6 Å². The number of nitrogens with zero attached hydrogens (tertiary/aromatic N) is 1. The van der Waals surface area contributed by atoms with Crippen molar-refractivity contribution < 1.29 is 27.1 Å². The number of fused-ring (bicyclic) bond motifs is 1. The molecule has 1 amide bonds. The highest BCUT2D eigenvalue weighted by Crippen LogP contribution is 2.30. The SMILES string of the molecule is O=C(COC(=O)[C@H]1Cc2ccccc2CN1S(=O)(=O)c1ccccc1F)Nc1ccc(I)cc1. The Hall–Kier alpha value is -2.83. The minimum absolute atomic E-state index is 0.0431. The van der Waals surface area contributed by atoms with E-state index in [0.717, 1.165) is 25.6 Å². The molecule has 3 aromatic rings. The summed E-state index contributed by atoms with van der Waals surface area (Å²) in [5, 5.41) is 2.62. The first kappa shape index (κ1) is 24.3. The number of anilines is 1. The summed E-state index contributed by atoms with van der Waals surface area (Å²) in [5.41, 5.74) is 2.03. The van der Waals surface area contributed by atoms with E-state index in [1.165, 1.54) is 12.1 Å². The second-order valence-corrected chi connectivity index (χ2v) is 10.7. The van der Waals surface area contributed by atoms with Gasteiger partial charge in [-0.15, -0.1) is 0 Å². The molecule has 1 atom stereocenters. The molecule has 0 spiro atoms. The normalized spacial score (nSPS) is 15.9. The van der Waals surface area contributed by atoms with Gasteiger partial charge in [-0.2, -0.15) is 4.31 Å². The molecule has 3 aromatic carbocycles. The van der Waals surface area contributed by atoms with Gasteiger partial charge in [-0.3, -0.25) is 9.59 Å². The number of amides is 1. The molecule has 0 saturated heterocycles. The molecule has 10 heteroatoms. The molecule has 1 aliphatic heterocycles. The number of halogens is 2. The van der Waals surface area contributed by atoms with Gasteiger partial charge in [0.1, 0.15) is 16.8 Å². The summed E-state index contributed by atoms with van der Waals surface area (Å²) in [6.45, 7) is -0.710. The van der Waals surface area contributed by atoms with Gasteiger partial charge in [-0.25, -0.2) is 12.8 Å². The molecule has 176 valence electrons. The zero-order valence-electron chi connectivity index (χ0n) is 17.8. The van der Waals surface area contributed by atoms with Gasteiger partial charge in [-0.05, 0) is 70.1 Å². The molecule has 0 saturated carbocycles. The standard InChI is InChI=1S/C24H20FIN2O5S/c25-20-7-3-4-8-22(20)34(31,32)28-14-17-6-2-1-5-16(17)13-21(28)24(30)33-15-23(29)27-19-11-9-18(26)10-12-19/h1-12,21H,13-15H2,(H,27,29)/t21-/m1/s1. The van der Waals surface area contributed by atoms with Crippen molar-refractivity contribution in [1.29, 1.82) is 0 Å². The molecule has 7 nitrogen and oxygen atoms in total. The highest BCUT2D eigenvalue weighted by atomic mass is 127. The summed E-state index contributed by atoms with van der Waals surface area (Å²) in [6, 6.07) is 17.9. The van der Waals surface area contributed by atoms with E-state index in [2.05, 4.69) is 27.9 Å². The van der Waals surface area contributed by atoms with Crippen molar-refractivity contribution in [2.45, 2.75) is 23.9 Å². The molecule has 0 unspecified atom stereocenters. The largest absolute Gasteiger partial charge is 0.454 e. The fraction of sp³-hybridized carbons (Fsp3) is 0.167. The number of carbonyl (C=O) groups excluding carboxylic acids is 2. The second kappa shape index (κ2) is 10.2. The van der Waals surface area contributed by atoms with Crippen LogP contribution in [0, 0.1) is 9.39 Å². The molecule has 0 aliphatic carbocycles. The Morgan fingerprint density at radius 3 is 2.35 bits per heavy atom. The number of carbonyl (C=O) groups is 2. The monoisotopic (exact) mass is 594 g/mol. The Kier molecular flexibility index (Phi) is 7.29. The van der Waals surface area contributed by atoms with Crippen LogP contribution in [-0.2, 0) is 37.3 Å². The number of benzene rings is 3. The van der Waals surface area contributed by atoms with Crippen molar-refractivity contribution in [1.82, 2.24) is 4.31 Å². The van der Waals surface area contributed by atoms with Crippen LogP contribution in [0.25, 0.3) is 0 Å². The zero-order chi connectivity index (χ0) is 24.3. The lowest BCUT2D eigenvalue weighted by Gasteiger charge is -2.34. The molecule has 34 heavy (non-hydrogen) atoms. The fourth-order valence-electron chi connectivity index (χ4n) is 3.70. The first-order valence-electron chi connectivity index (χ1n) is 10.3. The van der Waals surface area contributed by atoms with Crippen LogP contribution in [0.4, 0.5) is 10.1 Å². The average Bonchev–Trinajstić information content (AvgIpc) is 2.83. The fourth-order valence-corrected chi connectivity index (χ4v) is 5.68. The minimum atomic E-state index is -4.36. The van der Waals surface area contributed by atoms with E-state index in [9.17, 15) is 22.4 Å². The minimum Gasteiger partial charge on any atom is -0.454 e. The average molecular weight is 594 g/mol. The molecule has 0 aromatic heterocycles. The van der Waals surface area contributed by atoms with Crippen molar-refractivity contribution in [3.8, 4) is 0 Å². The van der Waals surface area contributed by atoms with Gasteiger partial charge in [0.2, 0.25) is 10.0 Å². The maximum atomic E-state index is 14.4. The van der Waals surface area contributed by atoms with E-state index in [1.54, 1.807) is 36.4 Å². The summed E-state index contributed by atoms with van der Waals surface area (Å²) in [6.07, 6.45) is 0.0431. The molecular formula is C24H20FIN2O5S. The lowest BCUT2D eigenvalue weighted by Crippen LogP contribution is -2.49. The smallest absolute Gasteiger partial charge is 0.325 e. The number of sulfonamides is 1. The third-order valence-corrected chi connectivity index (χ3v) is 7.98. The molecule has 1 heterocycles. The molecule has 1 N–H and O–H groups in total. The van der Waals surface area contributed by atoms with Gasteiger partial charge in [-0.1, -0.05) is 36.4 Å². The summed E-state index contributed by atoms with van der Waals surface area (Å²) < 4.78 is 48.2. The second-order valence-electron chi connectivity index (χ2n) is 7.63. The molecule has 0 fully saturated rings. The topological polar surface area (TPSA) is 92.8 Å². The molecular weight excluding hydrogens is 574 g/mol. The molecule has 0 bridgehead atoms. The van der Waals surface area contributed by atoms with E-state index < -0.39 is 45.3 Å². The quantitative estimate of drug-likeness (QED) is 0.347. The summed E-state index contributed by atoms with van der Waals surface area (Å²) >= 11 is 2.14. The number of hydrogen-bond donors (Lipinski definition) is 1. The Bertz CT molecular complexity index is 1330. The molecule has 0 radical (unpaired) electrons. The van der Waals surface area contributed by atoms with Crippen LogP contribution in [-0.4, -0.2) is 37.2 Å². The number of hydrogen-bond acceptors (Lipinski definition) is 5. The van der Waals surface area contributed by atoms with Gasteiger partial charge in [0.15, 0.2) is 6.61 Å². The van der Waals surface area contributed by atoms with E-state index in [4.69, 9.17) is 4.74 Å². The predicted octanol–water partition coefficient (Wildman–Crippen LogP) is 3.73. The van der Waals surface area contributed by atoms with Crippen LogP contribution in [0.15, 0.2) is 77.7 Å². The molecule has 4 rings (SSSR count). The van der Waals surface area contributed by atoms with E-state index in [0.29, 0.717) is 11.3 Å². The van der Waals surface area contributed by atoms with Gasteiger partial charge in [0.25, 0.3) is 5.91 Å². The number of rotatable bonds is 6. The van der Waals surface area contributed by atoms with E-state index in [-0.39, 0.29) is 13.0 Å². The van der Waals surface area contributed by atoms with Gasteiger partial charge in [0, 0.05) is 22.2 Å². The Balaban J connectivity index is 1.54. The Labute approximate surface area is 210 Å². The number of nitrogens with one attached hydrogen (secondary N) is 1. The van der Waals surface area contributed by atoms with Crippen LogP contribution < -0.4 is 5.32 Å². The van der Waals surface area contributed by atoms with Gasteiger partial charge < -0.3 is 10.1 Å². The highest BCUT2D eigenvalue weighted by molar-refractivity contribution is 14.1. The first-order valence-corrected chi connectivity index (χ1v) is 12.8. The first-order chi connectivity index (χ1) is 16.3. The van der Waals surface area contributed by atoms with Crippen LogP contribution in [0.3, 0.4) is 0 Å². The van der Waals surface area contributed by atoms with Crippen molar-refractivity contribution in [2.24, 2.45) is 0 Å². The summed E-state index contributed by atoms with van der Waals surface area (Å²) in [7, 11) is -4.36. The zero-order valence-corrected chi connectivity index (χ0v) is 20.8. The van der Waals surface area contributed by atoms with Crippen molar-refractivity contribution in [3.63, 3.8) is 0 Å². The van der Waals surface area contributed by atoms with Gasteiger partial charge >= 0.3 is 5.97 Å². The summed E-state index contributed by atoms with van der Waals surface area (Å²) in [5.74, 6) is -2.35. The predicted molar refractivity (Wildman–Crippen MR) is 132 cm³/mol. The summed E-state index contributed by atoms with van der Waals surface area (Å²) in [4.78, 5) is 24.7. The third kappa shape index (κ3) is 5.29. The van der Waals surface area contributed by atoms with Crippen molar-refractivity contribution in [3.05, 3.63) is 93.3 Å². The number of ether oxygens (including phenoxy) is 1. The Morgan fingerprint density at radius 1 is 1.00 bits per heavy atom. The lowest BCUT2D eigenvalue weighted by atomic mass is 9.96. The van der Waals surface area contributed by atoms with E-state index in [1.807, 2.05) is 12.1 Å². The van der Waals surface area contributed by atoms with Crippen LogP contribution in [0.2, 0.25) is 0 Å². The number of esters is 1. The van der Waals surface area contributed by atoms with E-state index >= 15 is 0 Å². The maximum absolute atomic E-state index is 14.4. The van der Waals surface area contributed by atoms with Crippen LogP contribution in [0.5, 0.6) is 0 Å². The Morgan fingerprint density at radius 2 is 1.65 bits per heavy atom. The lowest BCUT2D eigenvalue weighted by molar-refractivity contribution is -0.151. The van der Waals surface area contributed by atoms with Crippen LogP contribution in [0.1, 0.15) is 11.1 Å². The maximum Gasteiger partial charge on any atom is 0.325 e. The third-order valence-electron chi connectivity index (χ3n) is 5.37. The highest BCUT2D eigenvalue weighted by Gasteiger charge is 2.41. The van der Waals surface area contributed by atoms with Crippen molar-refractivity contribution in [2.75, 3.05) is 11.9 Å². The molecule has 1 aliphatic rings.